The van der Waals surface area contributed by atoms with Gasteiger partial charge in [0.2, 0.25) is 0 Å². The van der Waals surface area contributed by atoms with Crippen molar-refractivity contribution in [3.05, 3.63) is 56.0 Å². The third-order valence-electron chi connectivity index (χ3n) is 4.77. The smallest absolute Gasteiger partial charge is 0.330 e. The molecule has 0 unspecified atom stereocenters. The summed E-state index contributed by atoms with van der Waals surface area (Å²) >= 11 is 7.41. The Hall–Kier alpha value is -2.52. The fraction of sp³-hybridized carbons (Fsp3) is 0.429. The second kappa shape index (κ2) is 10.7. The topological polar surface area (TPSA) is 99.0 Å². The number of unbranched alkanes of at least 4 members (excludes halogenated alkanes) is 1. The molecule has 0 saturated heterocycles. The number of fused-ring (bicyclic) bond motifs is 1. The Bertz CT molecular complexity index is 1170. The minimum Gasteiger partial charge on any atom is -0.457 e. The first-order valence-corrected chi connectivity index (χ1v) is 11.6. The van der Waals surface area contributed by atoms with Crippen molar-refractivity contribution in [2.24, 2.45) is 0 Å². The van der Waals surface area contributed by atoms with Crippen molar-refractivity contribution < 1.29 is 9.53 Å². The van der Waals surface area contributed by atoms with Gasteiger partial charge in [-0.05, 0) is 37.6 Å². The fourth-order valence-electron chi connectivity index (χ4n) is 3.19. The second-order valence-corrected chi connectivity index (χ2v) is 8.53. The third-order valence-corrected chi connectivity index (χ3v) is 6.03. The zero-order valence-corrected chi connectivity index (χ0v) is 19.1. The van der Waals surface area contributed by atoms with E-state index < -0.39 is 11.2 Å². The molecule has 31 heavy (non-hydrogen) atoms. The summed E-state index contributed by atoms with van der Waals surface area (Å²) in [6.45, 7) is 4.76. The van der Waals surface area contributed by atoms with Crippen molar-refractivity contribution in [1.82, 2.24) is 19.1 Å². The summed E-state index contributed by atoms with van der Waals surface area (Å²) in [5, 5.41) is 0.668. The van der Waals surface area contributed by atoms with Gasteiger partial charge in [-0.25, -0.2) is 9.78 Å². The number of benzene rings is 1. The molecule has 166 valence electrons. The van der Waals surface area contributed by atoms with Gasteiger partial charge in [0.05, 0.1) is 6.42 Å². The van der Waals surface area contributed by atoms with Crippen LogP contribution in [0.4, 0.5) is 0 Å². The molecule has 0 fully saturated rings. The number of aromatic nitrogens is 4. The highest BCUT2D eigenvalue weighted by Crippen LogP contribution is 2.21. The Balaban J connectivity index is 1.69. The molecule has 0 saturated carbocycles. The third kappa shape index (κ3) is 5.59. The summed E-state index contributed by atoms with van der Waals surface area (Å²) < 4.78 is 8.55. The molecule has 1 aromatic carbocycles. The van der Waals surface area contributed by atoms with Gasteiger partial charge in [-0.15, -0.1) is 11.8 Å². The summed E-state index contributed by atoms with van der Waals surface area (Å²) in [6.07, 6.45) is 1.93. The van der Waals surface area contributed by atoms with Gasteiger partial charge in [0.15, 0.2) is 11.2 Å². The minimum atomic E-state index is -0.487. The lowest BCUT2D eigenvalue weighted by molar-refractivity contribution is -0.144. The lowest BCUT2D eigenvalue weighted by Crippen LogP contribution is -2.31. The monoisotopic (exact) mass is 464 g/mol. The Morgan fingerprint density at radius 2 is 1.94 bits per heavy atom. The second-order valence-electron chi connectivity index (χ2n) is 6.92. The van der Waals surface area contributed by atoms with Crippen LogP contribution in [0, 0.1) is 0 Å². The summed E-state index contributed by atoms with van der Waals surface area (Å²) in [5.41, 5.74) is -0.315. The number of thioether (sulfide) groups is 1. The maximum absolute atomic E-state index is 12.4. The van der Waals surface area contributed by atoms with Crippen molar-refractivity contribution >= 4 is 40.5 Å². The van der Waals surface area contributed by atoms with Crippen molar-refractivity contribution in [2.75, 3.05) is 5.75 Å². The van der Waals surface area contributed by atoms with E-state index in [0.717, 1.165) is 17.7 Å². The van der Waals surface area contributed by atoms with Gasteiger partial charge in [0, 0.05) is 28.8 Å². The molecule has 8 nitrogen and oxygen atoms in total. The Kier molecular flexibility index (Phi) is 7.97. The van der Waals surface area contributed by atoms with Crippen LogP contribution in [0.15, 0.2) is 38.8 Å². The molecular formula is C21H25ClN4O4S. The zero-order valence-electron chi connectivity index (χ0n) is 17.5. The van der Waals surface area contributed by atoms with Crippen molar-refractivity contribution in [2.45, 2.75) is 57.7 Å². The molecule has 0 radical (unpaired) electrons. The molecule has 10 heteroatoms. The Morgan fingerprint density at radius 1 is 1.19 bits per heavy atom. The molecule has 0 atom stereocenters. The molecule has 1 N–H and O–H groups in total. The first kappa shape index (κ1) is 23.1. The van der Waals surface area contributed by atoms with Crippen LogP contribution < -0.4 is 11.2 Å². The number of nitrogens with zero attached hydrogens (tertiary/aromatic N) is 3. The molecule has 0 spiro atoms. The predicted molar refractivity (Wildman–Crippen MR) is 122 cm³/mol. The number of aryl methyl sites for hydroxylation is 2. The average molecular weight is 465 g/mol. The lowest BCUT2D eigenvalue weighted by atomic mass is 10.3. The van der Waals surface area contributed by atoms with Gasteiger partial charge in [-0.3, -0.25) is 19.1 Å². The number of rotatable bonds is 10. The molecule has 0 amide bonds. The van der Waals surface area contributed by atoms with Gasteiger partial charge in [-0.1, -0.05) is 24.9 Å². The van der Waals surface area contributed by atoms with E-state index in [1.807, 2.05) is 26.0 Å². The number of esters is 1. The highest BCUT2D eigenvalue weighted by Gasteiger charge is 2.18. The molecule has 0 aliphatic heterocycles. The number of hydrogen-bond acceptors (Lipinski definition) is 6. The average Bonchev–Trinajstić information content (AvgIpc) is 3.12. The van der Waals surface area contributed by atoms with Gasteiger partial charge < -0.3 is 9.30 Å². The number of carbonyl (C=O) groups excluding carboxylic acids is 1. The first-order valence-electron chi connectivity index (χ1n) is 10.2. The number of imidazole rings is 1. The van der Waals surface area contributed by atoms with Crippen LogP contribution >= 0.6 is 23.4 Å². The molecule has 2 heterocycles. The van der Waals surface area contributed by atoms with E-state index in [0.29, 0.717) is 40.9 Å². The van der Waals surface area contributed by atoms with Crippen LogP contribution in [0.2, 0.25) is 5.02 Å². The van der Waals surface area contributed by atoms with Crippen LogP contribution in [0.1, 0.15) is 38.9 Å². The predicted octanol–water partition coefficient (Wildman–Crippen LogP) is 3.59. The van der Waals surface area contributed by atoms with E-state index in [1.165, 1.54) is 16.3 Å². The van der Waals surface area contributed by atoms with Crippen molar-refractivity contribution in [3.8, 4) is 0 Å². The number of halogens is 1. The standard InChI is InChI=1S/C21H25ClN4O4S/c1-3-5-11-26-19-18(20(28)24-21(26)29)25(4-2)16(23-19)13-30-17(27)10-12-31-15-8-6-14(22)7-9-15/h6-9H,3-5,10-13H2,1-2H3,(H,24,28,29). The largest absolute Gasteiger partial charge is 0.457 e. The number of nitrogens with one attached hydrogen (secondary N) is 1. The normalized spacial score (nSPS) is 11.2. The molecule has 3 rings (SSSR count). The molecule has 0 aliphatic rings. The van der Waals surface area contributed by atoms with Crippen LogP contribution in [0.3, 0.4) is 0 Å². The summed E-state index contributed by atoms with van der Waals surface area (Å²) in [5.74, 6) is 0.659. The van der Waals surface area contributed by atoms with Crippen LogP contribution in [0.25, 0.3) is 11.2 Å². The number of hydrogen-bond donors (Lipinski definition) is 1. The SMILES string of the molecule is CCCCn1c(=O)[nH]c(=O)c2c1nc(COC(=O)CCSc1ccc(Cl)cc1)n2CC. The Morgan fingerprint density at radius 3 is 2.61 bits per heavy atom. The first-order chi connectivity index (χ1) is 14.9. The van der Waals surface area contributed by atoms with Gasteiger partial charge >= 0.3 is 11.7 Å². The number of ether oxygens (including phenoxy) is 1. The van der Waals surface area contributed by atoms with E-state index in [9.17, 15) is 14.4 Å². The zero-order chi connectivity index (χ0) is 22.4. The number of aromatic amines is 1. The van der Waals surface area contributed by atoms with Crippen LogP contribution in [-0.2, 0) is 29.2 Å². The number of H-pyrrole nitrogens is 1. The molecular weight excluding hydrogens is 440 g/mol. The van der Waals surface area contributed by atoms with E-state index in [1.54, 1.807) is 16.7 Å². The van der Waals surface area contributed by atoms with Gasteiger partial charge in [0.25, 0.3) is 5.56 Å². The quantitative estimate of drug-likeness (QED) is 0.363. The molecule has 0 bridgehead atoms. The maximum atomic E-state index is 12.4. The summed E-state index contributed by atoms with van der Waals surface area (Å²) in [6, 6.07) is 7.41. The highest BCUT2D eigenvalue weighted by molar-refractivity contribution is 7.99. The van der Waals surface area contributed by atoms with Crippen LogP contribution in [0.5, 0.6) is 0 Å². The number of carbonyl (C=O) groups is 1. The van der Waals surface area contributed by atoms with E-state index in [-0.39, 0.29) is 19.0 Å². The van der Waals surface area contributed by atoms with Crippen molar-refractivity contribution in [3.63, 3.8) is 0 Å². The highest BCUT2D eigenvalue weighted by atomic mass is 35.5. The van der Waals surface area contributed by atoms with Gasteiger partial charge in [-0.2, -0.15) is 0 Å². The van der Waals surface area contributed by atoms with E-state index >= 15 is 0 Å². The van der Waals surface area contributed by atoms with E-state index in [4.69, 9.17) is 16.3 Å². The lowest BCUT2D eigenvalue weighted by Gasteiger charge is -2.07. The van der Waals surface area contributed by atoms with Gasteiger partial charge in [0.1, 0.15) is 12.4 Å². The fourth-order valence-corrected chi connectivity index (χ4v) is 4.15. The molecule has 0 aliphatic carbocycles. The summed E-state index contributed by atoms with van der Waals surface area (Å²) in [4.78, 5) is 44.7. The molecule has 3 aromatic rings. The molecule has 2 aromatic heterocycles. The Labute approximate surface area is 188 Å². The maximum Gasteiger partial charge on any atom is 0.330 e. The van der Waals surface area contributed by atoms with Crippen LogP contribution in [-0.4, -0.2) is 30.8 Å². The van der Waals surface area contributed by atoms with Crippen molar-refractivity contribution in [1.29, 1.82) is 0 Å². The minimum absolute atomic E-state index is 0.0611. The van der Waals surface area contributed by atoms with E-state index in [2.05, 4.69) is 9.97 Å². The summed E-state index contributed by atoms with van der Waals surface area (Å²) in [7, 11) is 0.